The van der Waals surface area contributed by atoms with Crippen molar-refractivity contribution < 1.29 is 22.7 Å². The lowest BCUT2D eigenvalue weighted by molar-refractivity contribution is 0.0740. The molecular formula is C26H20N2O5S2. The molecule has 1 aliphatic rings. The van der Waals surface area contributed by atoms with Crippen LogP contribution in [0.1, 0.15) is 20.8 Å². The van der Waals surface area contributed by atoms with E-state index in [0.717, 1.165) is 11.3 Å². The summed E-state index contributed by atoms with van der Waals surface area (Å²) in [5, 5.41) is 1.81. The number of esters is 1. The largest absolute Gasteiger partial charge is 0.497 e. The van der Waals surface area contributed by atoms with Crippen molar-refractivity contribution in [1.29, 1.82) is 0 Å². The van der Waals surface area contributed by atoms with E-state index in [0.29, 0.717) is 34.3 Å². The van der Waals surface area contributed by atoms with Crippen LogP contribution in [0.3, 0.4) is 0 Å². The first-order chi connectivity index (χ1) is 16.9. The summed E-state index contributed by atoms with van der Waals surface area (Å²) >= 11 is 1.31. The van der Waals surface area contributed by atoms with Crippen LogP contribution in [0.15, 0.2) is 99.6 Å². The maximum Gasteiger partial charge on any atom is 0.353 e. The number of amidine groups is 1. The fourth-order valence-electron chi connectivity index (χ4n) is 3.73. The zero-order valence-corrected chi connectivity index (χ0v) is 20.3. The number of methoxy groups -OCH3 is 1. The molecule has 35 heavy (non-hydrogen) atoms. The van der Waals surface area contributed by atoms with Crippen LogP contribution in [0.25, 0.3) is 0 Å². The zero-order valence-electron chi connectivity index (χ0n) is 18.6. The highest BCUT2D eigenvalue weighted by Crippen LogP contribution is 2.32. The van der Waals surface area contributed by atoms with Gasteiger partial charge in [-0.25, -0.2) is 4.79 Å². The van der Waals surface area contributed by atoms with Gasteiger partial charge < -0.3 is 14.4 Å². The number of sulfonamides is 1. The van der Waals surface area contributed by atoms with E-state index in [1.54, 1.807) is 67.8 Å². The van der Waals surface area contributed by atoms with Gasteiger partial charge in [-0.05, 0) is 65.5 Å². The average molecular weight is 505 g/mol. The first-order valence-corrected chi connectivity index (χ1v) is 13.0. The minimum Gasteiger partial charge on any atom is -0.497 e. The van der Waals surface area contributed by atoms with Gasteiger partial charge in [-0.3, -0.25) is 0 Å². The van der Waals surface area contributed by atoms with Crippen LogP contribution in [-0.4, -0.2) is 27.3 Å². The second-order valence-corrected chi connectivity index (χ2v) is 10.2. The fraction of sp³-hybridized carbons (Fsp3) is 0.0769. The van der Waals surface area contributed by atoms with Crippen LogP contribution in [0, 0.1) is 0 Å². The standard InChI is InChI=1S/C26H20N2O5S2/c1-32-20-12-8-18(9-13-20)17-28(25-22-5-2-3-7-24(22)35(30,31)27-25)19-10-14-21(15-11-19)33-26(29)23-6-4-16-34-23/h2-16H,17H2,1H3. The van der Waals surface area contributed by atoms with Crippen molar-refractivity contribution in [2.45, 2.75) is 11.4 Å². The molecule has 0 atom stereocenters. The number of carbonyl (C=O) groups excluding carboxylic acids is 1. The molecule has 2 heterocycles. The van der Waals surface area contributed by atoms with E-state index in [1.165, 1.54) is 11.3 Å². The summed E-state index contributed by atoms with van der Waals surface area (Å²) in [6, 6.07) is 24.7. The molecule has 4 aromatic rings. The number of rotatable bonds is 6. The molecule has 0 bridgehead atoms. The molecule has 9 heteroatoms. The van der Waals surface area contributed by atoms with Gasteiger partial charge >= 0.3 is 5.97 Å². The molecule has 176 valence electrons. The Hall–Kier alpha value is -3.95. The Morgan fingerprint density at radius 1 is 0.914 bits per heavy atom. The smallest absolute Gasteiger partial charge is 0.353 e. The summed E-state index contributed by atoms with van der Waals surface area (Å²) < 4.78 is 40.3. The first-order valence-electron chi connectivity index (χ1n) is 10.7. The molecule has 3 aromatic carbocycles. The molecule has 1 aromatic heterocycles. The number of nitrogens with zero attached hydrogens (tertiary/aromatic N) is 2. The van der Waals surface area contributed by atoms with Crippen molar-refractivity contribution in [3.05, 3.63) is 106 Å². The van der Waals surface area contributed by atoms with Crippen LogP contribution in [-0.2, 0) is 16.6 Å². The Bertz CT molecular complexity index is 1490. The number of benzene rings is 3. The number of carbonyl (C=O) groups is 1. The fourth-order valence-corrected chi connectivity index (χ4v) is 5.54. The summed E-state index contributed by atoms with van der Waals surface area (Å²) in [6.07, 6.45) is 0. The Balaban J connectivity index is 1.49. The predicted octanol–water partition coefficient (Wildman–Crippen LogP) is 5.13. The molecule has 0 N–H and O–H groups in total. The van der Waals surface area contributed by atoms with Crippen molar-refractivity contribution in [2.75, 3.05) is 12.0 Å². The topological polar surface area (TPSA) is 85.3 Å². The molecule has 0 saturated heterocycles. The molecule has 0 saturated carbocycles. The Kier molecular flexibility index (Phi) is 6.10. The van der Waals surface area contributed by atoms with Gasteiger partial charge in [0.2, 0.25) is 0 Å². The third-order valence-electron chi connectivity index (χ3n) is 5.45. The third-order valence-corrected chi connectivity index (χ3v) is 7.62. The van der Waals surface area contributed by atoms with Crippen molar-refractivity contribution >= 4 is 38.9 Å². The molecule has 5 rings (SSSR count). The molecule has 0 amide bonds. The van der Waals surface area contributed by atoms with E-state index in [-0.39, 0.29) is 4.90 Å². The second-order valence-electron chi connectivity index (χ2n) is 7.68. The quantitative estimate of drug-likeness (QED) is 0.267. The molecule has 0 radical (unpaired) electrons. The SMILES string of the molecule is COc1ccc(CN(C2=NS(=O)(=O)c3ccccc32)c2ccc(OC(=O)c3cccs3)cc2)cc1. The highest BCUT2D eigenvalue weighted by Gasteiger charge is 2.32. The second kappa shape index (κ2) is 9.36. The van der Waals surface area contributed by atoms with Crippen LogP contribution in [0.4, 0.5) is 5.69 Å². The van der Waals surface area contributed by atoms with Gasteiger partial charge in [0.1, 0.15) is 21.3 Å². The van der Waals surface area contributed by atoms with E-state index in [2.05, 4.69) is 4.40 Å². The average Bonchev–Trinajstić information content (AvgIpc) is 3.51. The minimum atomic E-state index is -3.80. The number of thiophene rings is 1. The number of anilines is 1. The first kappa shape index (κ1) is 22.8. The van der Waals surface area contributed by atoms with Gasteiger partial charge in [0, 0.05) is 17.8 Å². The predicted molar refractivity (Wildman–Crippen MR) is 135 cm³/mol. The van der Waals surface area contributed by atoms with E-state index in [4.69, 9.17) is 9.47 Å². The number of hydrogen-bond donors (Lipinski definition) is 0. The van der Waals surface area contributed by atoms with Crippen molar-refractivity contribution in [3.8, 4) is 11.5 Å². The lowest BCUT2D eigenvalue weighted by atomic mass is 10.1. The number of ether oxygens (including phenoxy) is 2. The summed E-state index contributed by atoms with van der Waals surface area (Å²) in [7, 11) is -2.20. The van der Waals surface area contributed by atoms with Crippen LogP contribution >= 0.6 is 11.3 Å². The maximum atomic E-state index is 12.7. The zero-order chi connectivity index (χ0) is 24.4. The van der Waals surface area contributed by atoms with Gasteiger partial charge in [0.25, 0.3) is 10.0 Å². The minimum absolute atomic E-state index is 0.177. The molecular weight excluding hydrogens is 484 g/mol. The summed E-state index contributed by atoms with van der Waals surface area (Å²) in [6.45, 7) is 0.362. The van der Waals surface area contributed by atoms with E-state index >= 15 is 0 Å². The molecule has 0 fully saturated rings. The van der Waals surface area contributed by atoms with Crippen LogP contribution in [0.2, 0.25) is 0 Å². The molecule has 1 aliphatic heterocycles. The Labute approximate surface area is 207 Å². The lowest BCUT2D eigenvalue weighted by Crippen LogP contribution is -2.30. The van der Waals surface area contributed by atoms with Crippen molar-refractivity contribution in [1.82, 2.24) is 0 Å². The van der Waals surface area contributed by atoms with Gasteiger partial charge in [0.15, 0.2) is 5.84 Å². The Morgan fingerprint density at radius 2 is 1.63 bits per heavy atom. The van der Waals surface area contributed by atoms with Gasteiger partial charge in [-0.15, -0.1) is 15.7 Å². The van der Waals surface area contributed by atoms with Crippen molar-refractivity contribution in [3.63, 3.8) is 0 Å². The maximum absolute atomic E-state index is 12.7. The lowest BCUT2D eigenvalue weighted by Gasteiger charge is -2.25. The van der Waals surface area contributed by atoms with E-state index in [9.17, 15) is 13.2 Å². The van der Waals surface area contributed by atoms with Gasteiger partial charge in [-0.1, -0.05) is 30.3 Å². The molecule has 7 nitrogen and oxygen atoms in total. The number of hydrogen-bond acceptors (Lipinski definition) is 7. The number of fused-ring (bicyclic) bond motifs is 1. The van der Waals surface area contributed by atoms with E-state index < -0.39 is 16.0 Å². The van der Waals surface area contributed by atoms with Crippen LogP contribution in [0.5, 0.6) is 11.5 Å². The summed E-state index contributed by atoms with van der Waals surface area (Å²) in [4.78, 5) is 14.8. The summed E-state index contributed by atoms with van der Waals surface area (Å²) in [5.41, 5.74) is 2.17. The molecule has 0 unspecified atom stereocenters. The normalized spacial score (nSPS) is 13.6. The van der Waals surface area contributed by atoms with Crippen molar-refractivity contribution in [2.24, 2.45) is 4.40 Å². The Morgan fingerprint density at radius 3 is 2.31 bits per heavy atom. The van der Waals surface area contributed by atoms with Gasteiger partial charge in [-0.2, -0.15) is 8.42 Å². The molecule has 0 spiro atoms. The third kappa shape index (κ3) is 4.68. The highest BCUT2D eigenvalue weighted by atomic mass is 32.2. The summed E-state index contributed by atoms with van der Waals surface area (Å²) in [5.74, 6) is 1.02. The van der Waals surface area contributed by atoms with Crippen LogP contribution < -0.4 is 14.4 Å². The van der Waals surface area contributed by atoms with E-state index in [1.807, 2.05) is 34.5 Å². The van der Waals surface area contributed by atoms with Gasteiger partial charge in [0.05, 0.1) is 7.11 Å². The molecule has 0 aliphatic carbocycles. The highest BCUT2D eigenvalue weighted by molar-refractivity contribution is 7.90. The monoisotopic (exact) mass is 504 g/mol.